The van der Waals surface area contributed by atoms with Crippen LogP contribution in [0.25, 0.3) is 6.08 Å². The molecular formula is C22H18N2O4. The third kappa shape index (κ3) is 5.54. The lowest BCUT2D eigenvalue weighted by Crippen LogP contribution is -2.07. The Balaban J connectivity index is 1.51. The molecule has 0 aliphatic rings. The number of hydrogen-bond acceptors (Lipinski definition) is 4. The predicted octanol–water partition coefficient (Wildman–Crippen LogP) is 4.83. The average Bonchev–Trinajstić information content (AvgIpc) is 2.73. The van der Waals surface area contributed by atoms with E-state index >= 15 is 0 Å². The van der Waals surface area contributed by atoms with Crippen molar-refractivity contribution in [3.05, 3.63) is 106 Å². The van der Waals surface area contributed by atoms with Crippen LogP contribution < -0.4 is 10.1 Å². The molecule has 0 atom stereocenters. The molecule has 0 unspecified atom stereocenters. The predicted molar refractivity (Wildman–Crippen MR) is 108 cm³/mol. The topological polar surface area (TPSA) is 81.5 Å². The van der Waals surface area contributed by atoms with Crippen molar-refractivity contribution in [1.82, 2.24) is 0 Å². The maximum atomic E-state index is 12.0. The van der Waals surface area contributed by atoms with E-state index in [9.17, 15) is 14.9 Å². The van der Waals surface area contributed by atoms with Gasteiger partial charge in [-0.3, -0.25) is 14.9 Å². The second-order valence-electron chi connectivity index (χ2n) is 5.97. The molecule has 0 aliphatic heterocycles. The van der Waals surface area contributed by atoms with Gasteiger partial charge in [0, 0.05) is 23.9 Å². The van der Waals surface area contributed by atoms with E-state index < -0.39 is 4.92 Å². The summed E-state index contributed by atoms with van der Waals surface area (Å²) < 4.78 is 5.71. The molecule has 0 heterocycles. The van der Waals surface area contributed by atoms with Crippen LogP contribution in [-0.2, 0) is 11.4 Å². The number of nitro groups is 1. The number of rotatable bonds is 7. The van der Waals surface area contributed by atoms with Gasteiger partial charge in [-0.15, -0.1) is 0 Å². The summed E-state index contributed by atoms with van der Waals surface area (Å²) in [7, 11) is 0. The minimum Gasteiger partial charge on any atom is -0.489 e. The molecule has 6 nitrogen and oxygen atoms in total. The van der Waals surface area contributed by atoms with Crippen molar-refractivity contribution >= 4 is 23.4 Å². The Morgan fingerprint density at radius 2 is 1.64 bits per heavy atom. The van der Waals surface area contributed by atoms with Gasteiger partial charge in [0.15, 0.2) is 0 Å². The maximum absolute atomic E-state index is 12.0. The fraction of sp³-hybridized carbons (Fsp3) is 0.0455. The number of nitrogens with one attached hydrogen (secondary N) is 1. The van der Waals surface area contributed by atoms with Gasteiger partial charge in [-0.25, -0.2) is 0 Å². The Kier molecular flexibility index (Phi) is 6.15. The van der Waals surface area contributed by atoms with Crippen molar-refractivity contribution in [1.29, 1.82) is 0 Å². The van der Waals surface area contributed by atoms with Gasteiger partial charge in [0.25, 0.3) is 5.69 Å². The van der Waals surface area contributed by atoms with Gasteiger partial charge in [0.2, 0.25) is 5.91 Å². The maximum Gasteiger partial charge on any atom is 0.269 e. The molecular weight excluding hydrogens is 356 g/mol. The Bertz CT molecular complexity index is 966. The van der Waals surface area contributed by atoms with Crippen molar-refractivity contribution < 1.29 is 14.5 Å². The zero-order valence-corrected chi connectivity index (χ0v) is 14.9. The first-order chi connectivity index (χ1) is 13.6. The molecule has 140 valence electrons. The van der Waals surface area contributed by atoms with Crippen LogP contribution in [0.5, 0.6) is 5.75 Å². The molecule has 3 aromatic carbocycles. The van der Waals surface area contributed by atoms with Gasteiger partial charge in [-0.2, -0.15) is 0 Å². The van der Waals surface area contributed by atoms with Crippen molar-refractivity contribution in [2.45, 2.75) is 6.61 Å². The lowest BCUT2D eigenvalue weighted by molar-refractivity contribution is -0.384. The molecule has 28 heavy (non-hydrogen) atoms. The summed E-state index contributed by atoms with van der Waals surface area (Å²) in [6, 6.07) is 22.9. The van der Waals surface area contributed by atoms with Crippen LogP contribution in [0.15, 0.2) is 84.9 Å². The molecule has 0 saturated carbocycles. The summed E-state index contributed by atoms with van der Waals surface area (Å²) in [6.45, 7) is 0.477. The normalized spacial score (nSPS) is 10.6. The molecule has 3 aromatic rings. The summed E-state index contributed by atoms with van der Waals surface area (Å²) >= 11 is 0. The highest BCUT2D eigenvalue weighted by Gasteiger charge is 2.03. The van der Waals surface area contributed by atoms with E-state index in [1.165, 1.54) is 18.2 Å². The van der Waals surface area contributed by atoms with E-state index in [0.717, 1.165) is 5.56 Å². The standard InChI is InChI=1S/C22H18N2O4/c25-22(15-8-17-6-11-20(12-7-17)24(26)27)23-19-9-13-21(14-10-19)28-16-18-4-2-1-3-5-18/h1-15H,16H2,(H,23,25)/b15-8+. The molecule has 0 spiro atoms. The van der Waals surface area contributed by atoms with Crippen molar-refractivity contribution in [3.8, 4) is 5.75 Å². The smallest absolute Gasteiger partial charge is 0.269 e. The fourth-order valence-corrected chi connectivity index (χ4v) is 2.44. The third-order valence-corrected chi connectivity index (χ3v) is 3.90. The number of nitrogens with zero attached hydrogens (tertiary/aromatic N) is 1. The number of non-ortho nitro benzene ring substituents is 1. The second kappa shape index (κ2) is 9.14. The van der Waals surface area contributed by atoms with E-state index in [1.54, 1.807) is 42.5 Å². The third-order valence-electron chi connectivity index (χ3n) is 3.90. The number of benzene rings is 3. The Morgan fingerprint density at radius 1 is 0.964 bits per heavy atom. The summed E-state index contributed by atoms with van der Waals surface area (Å²) in [4.78, 5) is 22.2. The Labute approximate surface area is 162 Å². The van der Waals surface area contributed by atoms with Crippen LogP contribution in [0.4, 0.5) is 11.4 Å². The van der Waals surface area contributed by atoms with E-state index in [1.807, 2.05) is 30.3 Å². The second-order valence-corrected chi connectivity index (χ2v) is 5.97. The summed E-state index contributed by atoms with van der Waals surface area (Å²) in [5.74, 6) is 0.416. The molecule has 3 rings (SSSR count). The van der Waals surface area contributed by atoms with Crippen molar-refractivity contribution in [2.24, 2.45) is 0 Å². The van der Waals surface area contributed by atoms with E-state index in [0.29, 0.717) is 23.6 Å². The number of anilines is 1. The molecule has 0 radical (unpaired) electrons. The minimum absolute atomic E-state index is 0.0103. The number of nitro benzene ring substituents is 1. The SMILES string of the molecule is O=C(/C=C/c1ccc([N+](=O)[O-])cc1)Nc1ccc(OCc2ccccc2)cc1. The zero-order chi connectivity index (χ0) is 19.8. The Hall–Kier alpha value is -3.93. The van der Waals surface area contributed by atoms with Gasteiger partial charge in [0.1, 0.15) is 12.4 Å². The van der Waals surface area contributed by atoms with Crippen LogP contribution in [0.2, 0.25) is 0 Å². The van der Waals surface area contributed by atoms with Crippen LogP contribution in [0, 0.1) is 10.1 Å². The number of carbonyl (C=O) groups excluding carboxylic acids is 1. The molecule has 1 N–H and O–H groups in total. The van der Waals surface area contributed by atoms with Gasteiger partial charge in [0.05, 0.1) is 4.92 Å². The van der Waals surface area contributed by atoms with E-state index in [2.05, 4.69) is 5.32 Å². The van der Waals surface area contributed by atoms with Gasteiger partial charge in [-0.1, -0.05) is 30.3 Å². The molecule has 0 bridgehead atoms. The molecule has 6 heteroatoms. The molecule has 1 amide bonds. The van der Waals surface area contributed by atoms with Crippen molar-refractivity contribution in [3.63, 3.8) is 0 Å². The first-order valence-corrected chi connectivity index (χ1v) is 8.60. The largest absolute Gasteiger partial charge is 0.489 e. The summed E-state index contributed by atoms with van der Waals surface area (Å²) in [5, 5.41) is 13.4. The van der Waals surface area contributed by atoms with Crippen LogP contribution in [0.1, 0.15) is 11.1 Å². The lowest BCUT2D eigenvalue weighted by atomic mass is 10.2. The first kappa shape index (κ1) is 18.8. The number of carbonyl (C=O) groups is 1. The van der Waals surface area contributed by atoms with Crippen molar-refractivity contribution in [2.75, 3.05) is 5.32 Å². The molecule has 0 fully saturated rings. The van der Waals surface area contributed by atoms with Gasteiger partial charge >= 0.3 is 0 Å². The van der Waals surface area contributed by atoms with Crippen LogP contribution in [-0.4, -0.2) is 10.8 Å². The van der Waals surface area contributed by atoms with Gasteiger partial charge in [-0.05, 0) is 53.6 Å². The highest BCUT2D eigenvalue weighted by Crippen LogP contribution is 2.17. The van der Waals surface area contributed by atoms with Crippen LogP contribution >= 0.6 is 0 Å². The average molecular weight is 374 g/mol. The number of hydrogen-bond donors (Lipinski definition) is 1. The highest BCUT2D eigenvalue weighted by atomic mass is 16.6. The molecule has 0 aromatic heterocycles. The zero-order valence-electron chi connectivity index (χ0n) is 14.9. The highest BCUT2D eigenvalue weighted by molar-refractivity contribution is 6.01. The lowest BCUT2D eigenvalue weighted by Gasteiger charge is -2.07. The fourth-order valence-electron chi connectivity index (χ4n) is 2.44. The molecule has 0 aliphatic carbocycles. The van der Waals surface area contributed by atoms with Crippen LogP contribution in [0.3, 0.4) is 0 Å². The number of ether oxygens (including phenoxy) is 1. The molecule has 0 saturated heterocycles. The van der Waals surface area contributed by atoms with Gasteiger partial charge < -0.3 is 10.1 Å². The van der Waals surface area contributed by atoms with E-state index in [-0.39, 0.29) is 11.6 Å². The quantitative estimate of drug-likeness (QED) is 0.365. The minimum atomic E-state index is -0.465. The number of amides is 1. The summed E-state index contributed by atoms with van der Waals surface area (Å²) in [6.07, 6.45) is 2.97. The van der Waals surface area contributed by atoms with E-state index in [4.69, 9.17) is 4.74 Å². The summed E-state index contributed by atoms with van der Waals surface area (Å²) in [5.41, 5.74) is 2.43. The Morgan fingerprint density at radius 3 is 2.29 bits per heavy atom. The monoisotopic (exact) mass is 374 g/mol. The first-order valence-electron chi connectivity index (χ1n) is 8.60.